The zero-order chi connectivity index (χ0) is 13.3. The molecule has 18 heavy (non-hydrogen) atoms. The number of aromatic nitrogens is 2. The zero-order valence-electron chi connectivity index (χ0n) is 11.3. The van der Waals surface area contributed by atoms with Gasteiger partial charge in [-0.3, -0.25) is 4.79 Å². The molecule has 1 fully saturated rings. The molecular formula is C13H22N4O. The molecule has 0 spiro atoms. The van der Waals surface area contributed by atoms with Crippen molar-refractivity contribution in [3.8, 4) is 0 Å². The van der Waals surface area contributed by atoms with Crippen molar-refractivity contribution in [1.82, 2.24) is 14.5 Å². The molecule has 100 valence electrons. The van der Waals surface area contributed by atoms with Crippen molar-refractivity contribution in [3.63, 3.8) is 0 Å². The summed E-state index contributed by atoms with van der Waals surface area (Å²) in [4.78, 5) is 18.5. The van der Waals surface area contributed by atoms with Gasteiger partial charge in [-0.15, -0.1) is 0 Å². The minimum Gasteiger partial charge on any atom is -0.337 e. The van der Waals surface area contributed by atoms with Crippen LogP contribution in [0, 0.1) is 5.92 Å². The number of nitrogens with two attached hydrogens (primary N) is 1. The third-order valence-corrected chi connectivity index (χ3v) is 3.51. The lowest BCUT2D eigenvalue weighted by Gasteiger charge is -2.27. The molecule has 1 aliphatic rings. The number of carbonyl (C=O) groups excluding carboxylic acids is 1. The average Bonchev–Trinajstić information content (AvgIpc) is 3.09. The maximum absolute atomic E-state index is 12.4. The van der Waals surface area contributed by atoms with Crippen molar-refractivity contribution in [3.05, 3.63) is 18.2 Å². The van der Waals surface area contributed by atoms with E-state index in [1.54, 1.807) is 6.20 Å². The molecule has 0 radical (unpaired) electrons. The van der Waals surface area contributed by atoms with Crippen LogP contribution in [0.2, 0.25) is 0 Å². The summed E-state index contributed by atoms with van der Waals surface area (Å²) in [7, 11) is 1.94. The Bertz CT molecular complexity index is 422. The van der Waals surface area contributed by atoms with E-state index in [-0.39, 0.29) is 11.8 Å². The van der Waals surface area contributed by atoms with E-state index < -0.39 is 6.04 Å². The first-order valence-electron chi connectivity index (χ1n) is 6.53. The molecule has 0 bridgehead atoms. The number of hydrogen-bond donors (Lipinski definition) is 1. The predicted molar refractivity (Wildman–Crippen MR) is 69.6 cm³/mol. The van der Waals surface area contributed by atoms with Gasteiger partial charge in [0.1, 0.15) is 5.82 Å². The van der Waals surface area contributed by atoms with Crippen molar-refractivity contribution < 1.29 is 4.79 Å². The molecule has 1 atom stereocenters. The molecule has 1 aliphatic carbocycles. The highest BCUT2D eigenvalue weighted by atomic mass is 16.2. The maximum Gasteiger partial charge on any atom is 0.240 e. The van der Waals surface area contributed by atoms with Crippen molar-refractivity contribution >= 4 is 5.91 Å². The summed E-state index contributed by atoms with van der Waals surface area (Å²) in [5.74, 6) is 1.13. The van der Waals surface area contributed by atoms with Crippen LogP contribution in [-0.2, 0) is 18.4 Å². The lowest BCUT2D eigenvalue weighted by atomic mass is 10.0. The predicted octanol–water partition coefficient (Wildman–Crippen LogP) is 0.894. The van der Waals surface area contributed by atoms with Gasteiger partial charge in [-0.2, -0.15) is 0 Å². The number of amides is 1. The van der Waals surface area contributed by atoms with Gasteiger partial charge in [0.25, 0.3) is 0 Å². The monoisotopic (exact) mass is 250 g/mol. The van der Waals surface area contributed by atoms with Crippen LogP contribution in [0.5, 0.6) is 0 Å². The molecule has 2 N–H and O–H groups in total. The third kappa shape index (κ3) is 2.72. The van der Waals surface area contributed by atoms with Crippen LogP contribution in [0.25, 0.3) is 0 Å². The van der Waals surface area contributed by atoms with Gasteiger partial charge >= 0.3 is 0 Å². The highest BCUT2D eigenvalue weighted by Gasteiger charge is 2.36. The van der Waals surface area contributed by atoms with Crippen LogP contribution in [-0.4, -0.2) is 32.4 Å². The van der Waals surface area contributed by atoms with Crippen molar-refractivity contribution in [2.24, 2.45) is 18.7 Å². The molecule has 0 aliphatic heterocycles. The van der Waals surface area contributed by atoms with Crippen LogP contribution < -0.4 is 5.73 Å². The van der Waals surface area contributed by atoms with Gasteiger partial charge in [-0.1, -0.05) is 13.8 Å². The fourth-order valence-corrected chi connectivity index (χ4v) is 1.95. The van der Waals surface area contributed by atoms with Gasteiger partial charge in [0, 0.05) is 25.5 Å². The number of rotatable bonds is 5. The summed E-state index contributed by atoms with van der Waals surface area (Å²) in [6.45, 7) is 4.52. The van der Waals surface area contributed by atoms with E-state index in [0.29, 0.717) is 12.6 Å². The zero-order valence-corrected chi connectivity index (χ0v) is 11.3. The Balaban J connectivity index is 2.09. The van der Waals surface area contributed by atoms with Crippen LogP contribution in [0.3, 0.4) is 0 Å². The van der Waals surface area contributed by atoms with E-state index in [1.807, 2.05) is 36.6 Å². The van der Waals surface area contributed by atoms with E-state index >= 15 is 0 Å². The molecule has 0 saturated heterocycles. The lowest BCUT2D eigenvalue weighted by Crippen LogP contribution is -2.47. The second-order valence-electron chi connectivity index (χ2n) is 5.42. The Labute approximate surface area is 108 Å². The Morgan fingerprint density at radius 3 is 2.72 bits per heavy atom. The van der Waals surface area contributed by atoms with Gasteiger partial charge in [0.15, 0.2) is 0 Å². The van der Waals surface area contributed by atoms with Gasteiger partial charge in [-0.05, 0) is 18.8 Å². The molecule has 1 saturated carbocycles. The largest absolute Gasteiger partial charge is 0.337 e. The van der Waals surface area contributed by atoms with Crippen LogP contribution >= 0.6 is 0 Å². The summed E-state index contributed by atoms with van der Waals surface area (Å²) in [5.41, 5.74) is 5.98. The minimum absolute atomic E-state index is 0.0514. The molecule has 5 nitrogen and oxygen atoms in total. The molecule has 1 aromatic heterocycles. The first-order chi connectivity index (χ1) is 8.50. The molecule has 5 heteroatoms. The van der Waals surface area contributed by atoms with Crippen LogP contribution in [0.15, 0.2) is 12.4 Å². The summed E-state index contributed by atoms with van der Waals surface area (Å²) < 4.78 is 1.95. The second-order valence-corrected chi connectivity index (χ2v) is 5.42. The highest BCUT2D eigenvalue weighted by Crippen LogP contribution is 2.29. The summed E-state index contributed by atoms with van der Waals surface area (Å²) in [6, 6.07) is -0.0510. The highest BCUT2D eigenvalue weighted by molar-refractivity contribution is 5.82. The molecule has 0 aromatic carbocycles. The van der Waals surface area contributed by atoms with E-state index in [0.717, 1.165) is 18.7 Å². The molecule has 1 aromatic rings. The molecule has 0 unspecified atom stereocenters. The number of imidazole rings is 1. The summed E-state index contributed by atoms with van der Waals surface area (Å²) >= 11 is 0. The quantitative estimate of drug-likeness (QED) is 0.844. The van der Waals surface area contributed by atoms with Gasteiger partial charge in [-0.25, -0.2) is 4.98 Å². The molecule has 2 rings (SSSR count). The lowest BCUT2D eigenvalue weighted by molar-refractivity contribution is -0.134. The molecule has 1 heterocycles. The first kappa shape index (κ1) is 13.1. The minimum atomic E-state index is -0.411. The first-order valence-corrected chi connectivity index (χ1v) is 6.53. The smallest absolute Gasteiger partial charge is 0.240 e. The average molecular weight is 250 g/mol. The van der Waals surface area contributed by atoms with Crippen molar-refractivity contribution in [2.45, 2.75) is 45.3 Å². The standard InChI is InChI=1S/C13H22N4O/c1-9(2)12(14)13(18)17(10-4-5-10)8-11-15-6-7-16(11)3/h6-7,9-10,12H,4-5,8,14H2,1-3H3/t12-/m1/s1. The van der Waals surface area contributed by atoms with Crippen LogP contribution in [0.4, 0.5) is 0 Å². The topological polar surface area (TPSA) is 64.2 Å². The van der Waals surface area contributed by atoms with Crippen molar-refractivity contribution in [1.29, 1.82) is 0 Å². The van der Waals surface area contributed by atoms with E-state index in [1.165, 1.54) is 0 Å². The normalized spacial score (nSPS) is 16.9. The Hall–Kier alpha value is -1.36. The van der Waals surface area contributed by atoms with Gasteiger partial charge < -0.3 is 15.2 Å². The van der Waals surface area contributed by atoms with E-state index in [9.17, 15) is 4.79 Å². The molecule has 1 amide bonds. The van der Waals surface area contributed by atoms with Gasteiger partial charge in [0.2, 0.25) is 5.91 Å². The number of aryl methyl sites for hydroxylation is 1. The third-order valence-electron chi connectivity index (χ3n) is 3.51. The van der Waals surface area contributed by atoms with E-state index in [4.69, 9.17) is 5.73 Å². The Morgan fingerprint density at radius 1 is 1.61 bits per heavy atom. The second kappa shape index (κ2) is 5.10. The fourth-order valence-electron chi connectivity index (χ4n) is 1.95. The fraction of sp³-hybridized carbons (Fsp3) is 0.692. The van der Waals surface area contributed by atoms with Gasteiger partial charge in [0.05, 0.1) is 12.6 Å². The summed E-state index contributed by atoms with van der Waals surface area (Å²) in [6.07, 6.45) is 5.82. The van der Waals surface area contributed by atoms with E-state index in [2.05, 4.69) is 4.98 Å². The number of carbonyl (C=O) groups is 1. The molecular weight excluding hydrogens is 228 g/mol. The number of hydrogen-bond acceptors (Lipinski definition) is 3. The van der Waals surface area contributed by atoms with Crippen LogP contribution in [0.1, 0.15) is 32.5 Å². The number of nitrogens with zero attached hydrogens (tertiary/aromatic N) is 3. The Kier molecular flexibility index (Phi) is 3.71. The summed E-state index contributed by atoms with van der Waals surface area (Å²) in [5, 5.41) is 0. The Morgan fingerprint density at radius 2 is 2.28 bits per heavy atom. The van der Waals surface area contributed by atoms with Crippen molar-refractivity contribution in [2.75, 3.05) is 0 Å². The maximum atomic E-state index is 12.4. The SMILES string of the molecule is CC(C)[C@@H](N)C(=O)N(Cc1nccn1C)C1CC1.